The zero-order valence-electron chi connectivity index (χ0n) is 9.20. The molecule has 1 aromatic heterocycles. The molecule has 0 amide bonds. The lowest BCUT2D eigenvalue weighted by molar-refractivity contribution is 0.465. The van der Waals surface area contributed by atoms with Crippen LogP contribution in [0, 0.1) is 11.8 Å². The molecule has 1 heterocycles. The second-order valence-corrected chi connectivity index (χ2v) is 4.43. The summed E-state index contributed by atoms with van der Waals surface area (Å²) < 4.78 is 2.11. The van der Waals surface area contributed by atoms with E-state index in [0.29, 0.717) is 6.04 Å². The zero-order valence-corrected chi connectivity index (χ0v) is 9.20. The summed E-state index contributed by atoms with van der Waals surface area (Å²) in [7, 11) is 4.12. The first-order valence-electron chi connectivity index (χ1n) is 5.36. The van der Waals surface area contributed by atoms with Gasteiger partial charge in [0, 0.05) is 31.9 Å². The van der Waals surface area contributed by atoms with Crippen LogP contribution in [-0.2, 0) is 13.5 Å². The molecule has 3 unspecified atom stereocenters. The SMILES string of the molecule is CNC(Cc1nccn1C)C1CC1C. The second kappa shape index (κ2) is 3.73. The van der Waals surface area contributed by atoms with Crippen LogP contribution in [0.4, 0.5) is 0 Å². The van der Waals surface area contributed by atoms with E-state index in [1.165, 1.54) is 12.2 Å². The number of likely N-dealkylation sites (N-methyl/N-ethyl adjacent to an activating group) is 1. The highest BCUT2D eigenvalue weighted by atomic mass is 15.0. The summed E-state index contributed by atoms with van der Waals surface area (Å²) in [5.74, 6) is 2.94. The third-order valence-electron chi connectivity index (χ3n) is 3.38. The molecule has 1 saturated carbocycles. The van der Waals surface area contributed by atoms with Crippen molar-refractivity contribution in [2.24, 2.45) is 18.9 Å². The first-order valence-corrected chi connectivity index (χ1v) is 5.36. The van der Waals surface area contributed by atoms with Gasteiger partial charge in [-0.2, -0.15) is 0 Å². The molecule has 3 nitrogen and oxygen atoms in total. The Balaban J connectivity index is 1.98. The molecule has 1 fully saturated rings. The fraction of sp³-hybridized carbons (Fsp3) is 0.727. The van der Waals surface area contributed by atoms with E-state index in [4.69, 9.17) is 0 Å². The number of aryl methyl sites for hydroxylation is 1. The Kier molecular flexibility index (Phi) is 2.59. The van der Waals surface area contributed by atoms with Crippen LogP contribution in [0.5, 0.6) is 0 Å². The average molecular weight is 193 g/mol. The highest BCUT2D eigenvalue weighted by Gasteiger charge is 2.38. The maximum atomic E-state index is 4.36. The Labute approximate surface area is 85.5 Å². The van der Waals surface area contributed by atoms with E-state index in [-0.39, 0.29) is 0 Å². The van der Waals surface area contributed by atoms with Crippen LogP contribution in [0.25, 0.3) is 0 Å². The minimum absolute atomic E-state index is 0.603. The van der Waals surface area contributed by atoms with Crippen molar-refractivity contribution < 1.29 is 0 Å². The number of imidazole rings is 1. The lowest BCUT2D eigenvalue weighted by Gasteiger charge is -2.15. The van der Waals surface area contributed by atoms with Gasteiger partial charge in [-0.15, -0.1) is 0 Å². The molecule has 0 aliphatic heterocycles. The first kappa shape index (κ1) is 9.71. The molecule has 2 rings (SSSR count). The number of hydrogen-bond acceptors (Lipinski definition) is 2. The molecule has 3 atom stereocenters. The Morgan fingerprint density at radius 2 is 2.43 bits per heavy atom. The van der Waals surface area contributed by atoms with Gasteiger partial charge in [0.25, 0.3) is 0 Å². The van der Waals surface area contributed by atoms with E-state index < -0.39 is 0 Å². The Bertz CT molecular complexity index is 305. The fourth-order valence-electron chi connectivity index (χ4n) is 2.17. The van der Waals surface area contributed by atoms with Gasteiger partial charge >= 0.3 is 0 Å². The van der Waals surface area contributed by atoms with Crippen molar-refractivity contribution in [2.45, 2.75) is 25.8 Å². The van der Waals surface area contributed by atoms with Crippen molar-refractivity contribution in [3.05, 3.63) is 18.2 Å². The first-order chi connectivity index (χ1) is 6.72. The second-order valence-electron chi connectivity index (χ2n) is 4.43. The normalized spacial score (nSPS) is 27.6. The van der Waals surface area contributed by atoms with Crippen molar-refractivity contribution in [1.29, 1.82) is 0 Å². The Morgan fingerprint density at radius 1 is 1.71 bits per heavy atom. The van der Waals surface area contributed by atoms with Crippen molar-refractivity contribution in [1.82, 2.24) is 14.9 Å². The number of rotatable bonds is 4. The largest absolute Gasteiger partial charge is 0.338 e. The van der Waals surface area contributed by atoms with Crippen LogP contribution in [0.15, 0.2) is 12.4 Å². The molecule has 1 aliphatic carbocycles. The maximum absolute atomic E-state index is 4.36. The molecule has 1 aliphatic rings. The molecule has 0 saturated heterocycles. The maximum Gasteiger partial charge on any atom is 0.109 e. The van der Waals surface area contributed by atoms with Crippen molar-refractivity contribution >= 4 is 0 Å². The van der Waals surface area contributed by atoms with Crippen molar-refractivity contribution in [3.63, 3.8) is 0 Å². The average Bonchev–Trinajstić information content (AvgIpc) is 2.74. The van der Waals surface area contributed by atoms with Gasteiger partial charge in [0.2, 0.25) is 0 Å². The summed E-state index contributed by atoms with van der Waals surface area (Å²) in [5, 5.41) is 3.41. The van der Waals surface area contributed by atoms with Crippen LogP contribution in [0.1, 0.15) is 19.2 Å². The highest BCUT2D eigenvalue weighted by Crippen LogP contribution is 2.41. The molecular formula is C11H19N3. The van der Waals surface area contributed by atoms with E-state index in [0.717, 1.165) is 18.3 Å². The van der Waals surface area contributed by atoms with Gasteiger partial charge in [-0.1, -0.05) is 6.92 Å². The smallest absolute Gasteiger partial charge is 0.109 e. The standard InChI is InChI=1S/C11H19N3/c1-8-6-9(8)10(12-2)7-11-13-4-5-14(11)3/h4-5,8-10,12H,6-7H2,1-3H3. The molecule has 1 aromatic rings. The van der Waals surface area contributed by atoms with E-state index >= 15 is 0 Å². The molecule has 14 heavy (non-hydrogen) atoms. The topological polar surface area (TPSA) is 29.9 Å². The number of nitrogens with one attached hydrogen (secondary N) is 1. The van der Waals surface area contributed by atoms with Crippen LogP contribution < -0.4 is 5.32 Å². The number of nitrogens with zero attached hydrogens (tertiary/aromatic N) is 2. The molecule has 0 radical (unpaired) electrons. The van der Waals surface area contributed by atoms with Gasteiger partial charge in [-0.25, -0.2) is 4.98 Å². The van der Waals surface area contributed by atoms with E-state index in [9.17, 15) is 0 Å². The third-order valence-corrected chi connectivity index (χ3v) is 3.38. The Hall–Kier alpha value is -0.830. The summed E-state index contributed by atoms with van der Waals surface area (Å²) in [5.41, 5.74) is 0. The van der Waals surface area contributed by atoms with Crippen LogP contribution in [-0.4, -0.2) is 22.6 Å². The van der Waals surface area contributed by atoms with Gasteiger partial charge in [-0.05, 0) is 25.3 Å². The molecular weight excluding hydrogens is 174 g/mol. The van der Waals surface area contributed by atoms with Crippen molar-refractivity contribution in [3.8, 4) is 0 Å². The van der Waals surface area contributed by atoms with E-state index in [1.807, 2.05) is 12.4 Å². The third kappa shape index (κ3) is 1.82. The van der Waals surface area contributed by atoms with Crippen LogP contribution >= 0.6 is 0 Å². The molecule has 1 N–H and O–H groups in total. The summed E-state index contributed by atoms with van der Waals surface area (Å²) in [6, 6.07) is 0.603. The predicted molar refractivity (Wildman–Crippen MR) is 57.0 cm³/mol. The monoisotopic (exact) mass is 193 g/mol. The van der Waals surface area contributed by atoms with Gasteiger partial charge in [0.15, 0.2) is 0 Å². The minimum atomic E-state index is 0.603. The zero-order chi connectivity index (χ0) is 10.1. The van der Waals surface area contributed by atoms with E-state index in [1.54, 1.807) is 0 Å². The molecule has 0 bridgehead atoms. The van der Waals surface area contributed by atoms with Crippen LogP contribution in [0.3, 0.4) is 0 Å². The predicted octanol–water partition coefficient (Wildman–Crippen LogP) is 1.21. The van der Waals surface area contributed by atoms with Crippen molar-refractivity contribution in [2.75, 3.05) is 7.05 Å². The molecule has 0 aromatic carbocycles. The van der Waals surface area contributed by atoms with Gasteiger partial charge in [0.1, 0.15) is 5.82 Å². The fourth-order valence-corrected chi connectivity index (χ4v) is 2.17. The molecule has 0 spiro atoms. The minimum Gasteiger partial charge on any atom is -0.338 e. The van der Waals surface area contributed by atoms with Crippen LogP contribution in [0.2, 0.25) is 0 Å². The quantitative estimate of drug-likeness (QED) is 0.779. The molecule has 78 valence electrons. The molecule has 3 heteroatoms. The summed E-state index contributed by atoms with van der Waals surface area (Å²) in [6.07, 6.45) is 6.31. The van der Waals surface area contributed by atoms with Gasteiger partial charge in [-0.3, -0.25) is 0 Å². The highest BCUT2D eigenvalue weighted by molar-refractivity contribution is 5.00. The lowest BCUT2D eigenvalue weighted by atomic mass is 10.1. The lowest BCUT2D eigenvalue weighted by Crippen LogP contribution is -2.31. The van der Waals surface area contributed by atoms with E-state index in [2.05, 4.69) is 35.9 Å². The summed E-state index contributed by atoms with van der Waals surface area (Å²) in [6.45, 7) is 2.33. The Morgan fingerprint density at radius 3 is 2.86 bits per heavy atom. The number of aromatic nitrogens is 2. The summed E-state index contributed by atoms with van der Waals surface area (Å²) in [4.78, 5) is 4.36. The van der Waals surface area contributed by atoms with Gasteiger partial charge < -0.3 is 9.88 Å². The number of hydrogen-bond donors (Lipinski definition) is 1. The summed E-state index contributed by atoms with van der Waals surface area (Å²) >= 11 is 0. The van der Waals surface area contributed by atoms with Gasteiger partial charge in [0.05, 0.1) is 0 Å².